The standard InChI is InChI=1S/C14H14N2O2/c1-9-5-3-4-6-11(9)16-14(18)12-10(2)7-8-15-13(12)17/h3-8H,1-2H3,(H,15,17)(H,16,18). The van der Waals surface area contributed by atoms with Crippen molar-refractivity contribution in [3.63, 3.8) is 0 Å². The molecule has 4 nitrogen and oxygen atoms in total. The number of hydrogen-bond acceptors (Lipinski definition) is 2. The van der Waals surface area contributed by atoms with Crippen LogP contribution in [0.1, 0.15) is 21.5 Å². The van der Waals surface area contributed by atoms with Crippen LogP contribution in [0.3, 0.4) is 0 Å². The van der Waals surface area contributed by atoms with Gasteiger partial charge in [-0.15, -0.1) is 0 Å². The van der Waals surface area contributed by atoms with Crippen LogP contribution in [0, 0.1) is 13.8 Å². The number of aromatic nitrogens is 1. The van der Waals surface area contributed by atoms with E-state index in [4.69, 9.17) is 0 Å². The van der Waals surface area contributed by atoms with E-state index in [1.165, 1.54) is 6.20 Å². The third kappa shape index (κ3) is 2.32. The third-order valence-electron chi connectivity index (χ3n) is 2.79. The summed E-state index contributed by atoms with van der Waals surface area (Å²) in [6.07, 6.45) is 1.53. The van der Waals surface area contributed by atoms with Crippen molar-refractivity contribution in [2.24, 2.45) is 0 Å². The van der Waals surface area contributed by atoms with Crippen LogP contribution in [0.4, 0.5) is 5.69 Å². The molecule has 0 spiro atoms. The number of H-pyrrole nitrogens is 1. The Kier molecular flexibility index (Phi) is 3.28. The number of carbonyl (C=O) groups excluding carboxylic acids is 1. The summed E-state index contributed by atoms with van der Waals surface area (Å²) in [5.74, 6) is -0.386. The largest absolute Gasteiger partial charge is 0.328 e. The number of aromatic amines is 1. The van der Waals surface area contributed by atoms with Gasteiger partial charge in [0, 0.05) is 11.9 Å². The Morgan fingerprint density at radius 1 is 1.11 bits per heavy atom. The maximum atomic E-state index is 12.1. The van der Waals surface area contributed by atoms with Gasteiger partial charge < -0.3 is 10.3 Å². The van der Waals surface area contributed by atoms with Gasteiger partial charge in [0.15, 0.2) is 0 Å². The van der Waals surface area contributed by atoms with Gasteiger partial charge in [0.2, 0.25) is 0 Å². The lowest BCUT2D eigenvalue weighted by atomic mass is 10.1. The van der Waals surface area contributed by atoms with Gasteiger partial charge >= 0.3 is 0 Å². The first kappa shape index (κ1) is 12.1. The van der Waals surface area contributed by atoms with Crippen LogP contribution in [0.2, 0.25) is 0 Å². The molecule has 2 aromatic rings. The molecule has 0 aliphatic heterocycles. The van der Waals surface area contributed by atoms with E-state index in [9.17, 15) is 9.59 Å². The summed E-state index contributed by atoms with van der Waals surface area (Å²) in [4.78, 5) is 26.2. The molecule has 0 saturated heterocycles. The molecule has 0 aliphatic carbocycles. The van der Waals surface area contributed by atoms with Crippen LogP contribution in [-0.4, -0.2) is 10.9 Å². The highest BCUT2D eigenvalue weighted by atomic mass is 16.2. The lowest BCUT2D eigenvalue weighted by Crippen LogP contribution is -2.24. The minimum absolute atomic E-state index is 0.153. The SMILES string of the molecule is Cc1ccccc1NC(=O)c1c(C)cc[nH]c1=O. The highest BCUT2D eigenvalue weighted by Gasteiger charge is 2.13. The normalized spacial score (nSPS) is 10.1. The topological polar surface area (TPSA) is 62.0 Å². The molecule has 0 saturated carbocycles. The number of rotatable bonds is 2. The van der Waals surface area contributed by atoms with Crippen molar-refractivity contribution in [1.29, 1.82) is 0 Å². The van der Waals surface area contributed by atoms with Crippen LogP contribution in [0.15, 0.2) is 41.3 Å². The fourth-order valence-electron chi connectivity index (χ4n) is 1.76. The summed E-state index contributed by atoms with van der Waals surface area (Å²) in [5, 5.41) is 2.75. The summed E-state index contributed by atoms with van der Waals surface area (Å²) in [6, 6.07) is 9.14. The van der Waals surface area contributed by atoms with Crippen molar-refractivity contribution >= 4 is 11.6 Å². The van der Waals surface area contributed by atoms with Crippen LogP contribution in [-0.2, 0) is 0 Å². The highest BCUT2D eigenvalue weighted by Crippen LogP contribution is 2.14. The molecule has 0 unspecified atom stereocenters. The summed E-state index contributed by atoms with van der Waals surface area (Å²) in [6.45, 7) is 3.64. The number of aryl methyl sites for hydroxylation is 2. The molecule has 2 rings (SSSR count). The van der Waals surface area contributed by atoms with Gasteiger partial charge in [-0.1, -0.05) is 18.2 Å². The molecule has 1 aromatic heterocycles. The number of anilines is 1. The number of pyridine rings is 1. The number of nitrogens with one attached hydrogen (secondary N) is 2. The van der Waals surface area contributed by atoms with E-state index < -0.39 is 0 Å². The van der Waals surface area contributed by atoms with Crippen molar-refractivity contribution in [3.8, 4) is 0 Å². The Bertz CT molecular complexity index is 644. The van der Waals surface area contributed by atoms with Gasteiger partial charge in [0.25, 0.3) is 11.5 Å². The van der Waals surface area contributed by atoms with Crippen LogP contribution in [0.25, 0.3) is 0 Å². The van der Waals surface area contributed by atoms with Crippen molar-refractivity contribution in [3.05, 3.63) is 63.6 Å². The molecular weight excluding hydrogens is 228 g/mol. The second kappa shape index (κ2) is 4.87. The van der Waals surface area contributed by atoms with Gasteiger partial charge in [-0.05, 0) is 37.1 Å². The van der Waals surface area contributed by atoms with E-state index in [-0.39, 0.29) is 17.0 Å². The molecular formula is C14H14N2O2. The lowest BCUT2D eigenvalue weighted by Gasteiger charge is -2.08. The Hall–Kier alpha value is -2.36. The summed E-state index contributed by atoms with van der Waals surface area (Å²) in [5.41, 5.74) is 2.10. The molecule has 0 bridgehead atoms. The van der Waals surface area contributed by atoms with Gasteiger partial charge in [-0.25, -0.2) is 0 Å². The summed E-state index contributed by atoms with van der Waals surface area (Å²) in [7, 11) is 0. The maximum absolute atomic E-state index is 12.1. The second-order valence-corrected chi connectivity index (χ2v) is 4.13. The minimum atomic E-state index is -0.386. The molecule has 92 valence electrons. The predicted octanol–water partition coefficient (Wildman–Crippen LogP) is 2.24. The zero-order chi connectivity index (χ0) is 13.1. The van der Waals surface area contributed by atoms with Crippen molar-refractivity contribution in [2.75, 3.05) is 5.32 Å². The van der Waals surface area contributed by atoms with Gasteiger partial charge in [0.1, 0.15) is 5.56 Å². The van der Waals surface area contributed by atoms with Gasteiger partial charge in [-0.2, -0.15) is 0 Å². The lowest BCUT2D eigenvalue weighted by molar-refractivity contribution is 0.102. The second-order valence-electron chi connectivity index (χ2n) is 4.13. The summed E-state index contributed by atoms with van der Waals surface area (Å²) < 4.78 is 0. The van der Waals surface area contributed by atoms with Gasteiger partial charge in [0.05, 0.1) is 0 Å². The first-order valence-corrected chi connectivity index (χ1v) is 5.65. The zero-order valence-electron chi connectivity index (χ0n) is 10.3. The van der Waals surface area contributed by atoms with Crippen molar-refractivity contribution in [1.82, 2.24) is 4.98 Å². The maximum Gasteiger partial charge on any atom is 0.261 e. The van der Waals surface area contributed by atoms with Crippen LogP contribution >= 0.6 is 0 Å². The monoisotopic (exact) mass is 242 g/mol. The first-order valence-electron chi connectivity index (χ1n) is 5.65. The number of carbonyl (C=O) groups is 1. The molecule has 4 heteroatoms. The molecule has 0 radical (unpaired) electrons. The Balaban J connectivity index is 2.34. The average molecular weight is 242 g/mol. The van der Waals surface area contributed by atoms with Crippen LogP contribution < -0.4 is 10.9 Å². The zero-order valence-corrected chi connectivity index (χ0v) is 10.3. The van der Waals surface area contributed by atoms with E-state index in [2.05, 4.69) is 10.3 Å². The molecule has 18 heavy (non-hydrogen) atoms. The van der Waals surface area contributed by atoms with E-state index in [0.29, 0.717) is 11.3 Å². The average Bonchev–Trinajstić information content (AvgIpc) is 2.32. The summed E-state index contributed by atoms with van der Waals surface area (Å²) >= 11 is 0. The Morgan fingerprint density at radius 2 is 1.83 bits per heavy atom. The number of benzene rings is 1. The van der Waals surface area contributed by atoms with E-state index in [1.54, 1.807) is 19.1 Å². The first-order chi connectivity index (χ1) is 8.59. The molecule has 1 amide bonds. The Morgan fingerprint density at radius 3 is 2.50 bits per heavy atom. The Labute approximate surface area is 105 Å². The fourth-order valence-corrected chi connectivity index (χ4v) is 1.76. The van der Waals surface area contributed by atoms with Crippen molar-refractivity contribution < 1.29 is 4.79 Å². The molecule has 0 fully saturated rings. The molecule has 2 N–H and O–H groups in total. The number of para-hydroxylation sites is 1. The fraction of sp³-hybridized carbons (Fsp3) is 0.143. The van der Waals surface area contributed by atoms with E-state index in [1.807, 2.05) is 25.1 Å². The number of hydrogen-bond donors (Lipinski definition) is 2. The molecule has 1 heterocycles. The molecule has 0 aliphatic rings. The quantitative estimate of drug-likeness (QED) is 0.848. The predicted molar refractivity (Wildman–Crippen MR) is 70.9 cm³/mol. The minimum Gasteiger partial charge on any atom is -0.328 e. The number of amides is 1. The molecule has 0 atom stereocenters. The third-order valence-corrected chi connectivity index (χ3v) is 2.79. The highest BCUT2D eigenvalue weighted by molar-refractivity contribution is 6.05. The smallest absolute Gasteiger partial charge is 0.261 e. The van der Waals surface area contributed by atoms with Crippen molar-refractivity contribution in [2.45, 2.75) is 13.8 Å². The van der Waals surface area contributed by atoms with Crippen LogP contribution in [0.5, 0.6) is 0 Å². The molecule has 1 aromatic carbocycles. The van der Waals surface area contributed by atoms with E-state index >= 15 is 0 Å². The van der Waals surface area contributed by atoms with E-state index in [0.717, 1.165) is 5.56 Å². The van der Waals surface area contributed by atoms with Gasteiger partial charge in [-0.3, -0.25) is 9.59 Å².